The third-order valence-electron chi connectivity index (χ3n) is 6.40. The molecule has 2 aliphatic rings. The largest absolute Gasteiger partial charge is 0.373 e. The summed E-state index contributed by atoms with van der Waals surface area (Å²) in [6, 6.07) is 5.26. The van der Waals surface area contributed by atoms with Gasteiger partial charge in [0.1, 0.15) is 11.6 Å². The fourth-order valence-corrected chi connectivity index (χ4v) is 5.79. The summed E-state index contributed by atoms with van der Waals surface area (Å²) in [6.45, 7) is 7.37. The zero-order valence-corrected chi connectivity index (χ0v) is 19.3. The van der Waals surface area contributed by atoms with Gasteiger partial charge >= 0.3 is 0 Å². The van der Waals surface area contributed by atoms with E-state index in [2.05, 4.69) is 5.32 Å². The van der Waals surface area contributed by atoms with Crippen LogP contribution in [0.5, 0.6) is 0 Å². The van der Waals surface area contributed by atoms with E-state index in [1.54, 1.807) is 19.1 Å². The Hall–Kier alpha value is -2.52. The summed E-state index contributed by atoms with van der Waals surface area (Å²) in [5.41, 5.74) is 3.74. The van der Waals surface area contributed by atoms with E-state index in [1.165, 1.54) is 4.31 Å². The second kappa shape index (κ2) is 8.20. The molecule has 1 fully saturated rings. The Bertz CT molecular complexity index is 1130. The fourth-order valence-electron chi connectivity index (χ4n) is 4.30. The summed E-state index contributed by atoms with van der Waals surface area (Å²) in [5.74, 6) is 1.55. The van der Waals surface area contributed by atoms with Crippen molar-refractivity contribution in [1.82, 2.24) is 19.2 Å². The number of likely N-dealkylation sites (tertiary alicyclic amines) is 1. The predicted octanol–water partition coefficient (Wildman–Crippen LogP) is 2.22. The van der Waals surface area contributed by atoms with Gasteiger partial charge in [0.2, 0.25) is 15.9 Å². The Kier molecular flexibility index (Phi) is 5.74. The molecular weight excluding hydrogens is 414 g/mol. The number of hydrogen-bond acceptors (Lipinski definition) is 6. The van der Waals surface area contributed by atoms with Crippen LogP contribution in [0.1, 0.15) is 47.5 Å². The molecule has 0 unspecified atom stereocenters. The maximum atomic E-state index is 13.3. The van der Waals surface area contributed by atoms with E-state index in [0.717, 1.165) is 34.6 Å². The highest BCUT2D eigenvalue weighted by atomic mass is 32.2. The van der Waals surface area contributed by atoms with Crippen LogP contribution in [-0.4, -0.2) is 60.2 Å². The highest BCUT2D eigenvalue weighted by molar-refractivity contribution is 7.89. The van der Waals surface area contributed by atoms with Crippen LogP contribution in [0.25, 0.3) is 0 Å². The van der Waals surface area contributed by atoms with Gasteiger partial charge in [0.25, 0.3) is 0 Å². The number of aromatic nitrogens is 2. The van der Waals surface area contributed by atoms with Crippen LogP contribution in [0.2, 0.25) is 0 Å². The third-order valence-corrected chi connectivity index (χ3v) is 8.24. The van der Waals surface area contributed by atoms with E-state index in [0.29, 0.717) is 36.8 Å². The molecule has 0 spiro atoms. The number of nitrogens with one attached hydrogen (secondary N) is 1. The minimum absolute atomic E-state index is 0.0555. The SMILES string of the molecule is CNc1nc([C@@H]2CCN(C(C)=O)C2)nc2c1CCN(S(=O)(=O)c1ccc(C)c(C)c1)C2. The Labute approximate surface area is 183 Å². The molecule has 0 radical (unpaired) electrons. The molecule has 1 atom stereocenters. The van der Waals surface area contributed by atoms with E-state index in [1.807, 2.05) is 31.9 Å². The lowest BCUT2D eigenvalue weighted by Gasteiger charge is -2.29. The number of carbonyl (C=O) groups excluding carboxylic acids is 1. The van der Waals surface area contributed by atoms with Gasteiger partial charge in [-0.1, -0.05) is 6.07 Å². The standard InChI is InChI=1S/C22H29N5O3S/c1-14-5-6-18(11-15(14)2)31(29,30)27-10-8-19-20(13-27)24-21(25-22(19)23-4)17-7-9-26(12-17)16(3)28/h5-6,11,17H,7-10,12-13H2,1-4H3,(H,23,24,25)/t17-/m1/s1. The molecule has 1 N–H and O–H groups in total. The lowest BCUT2D eigenvalue weighted by atomic mass is 10.0. The average Bonchev–Trinajstić information content (AvgIpc) is 3.25. The van der Waals surface area contributed by atoms with Crippen molar-refractivity contribution in [2.24, 2.45) is 0 Å². The first-order valence-corrected chi connectivity index (χ1v) is 12.0. The van der Waals surface area contributed by atoms with E-state index in [-0.39, 0.29) is 18.4 Å². The van der Waals surface area contributed by atoms with Crippen molar-refractivity contribution in [3.63, 3.8) is 0 Å². The molecule has 166 valence electrons. The van der Waals surface area contributed by atoms with Gasteiger partial charge in [-0.2, -0.15) is 4.31 Å². The smallest absolute Gasteiger partial charge is 0.243 e. The Balaban J connectivity index is 1.65. The molecule has 2 aromatic rings. The quantitative estimate of drug-likeness (QED) is 0.779. The second-order valence-electron chi connectivity index (χ2n) is 8.39. The van der Waals surface area contributed by atoms with E-state index < -0.39 is 10.0 Å². The monoisotopic (exact) mass is 443 g/mol. The minimum atomic E-state index is -3.62. The molecule has 0 aliphatic carbocycles. The Morgan fingerprint density at radius 3 is 2.58 bits per heavy atom. The van der Waals surface area contributed by atoms with Crippen LogP contribution in [0.15, 0.2) is 23.1 Å². The zero-order chi connectivity index (χ0) is 22.3. The summed E-state index contributed by atoms with van der Waals surface area (Å²) >= 11 is 0. The molecule has 8 nitrogen and oxygen atoms in total. The molecule has 31 heavy (non-hydrogen) atoms. The number of carbonyl (C=O) groups is 1. The van der Waals surface area contributed by atoms with Gasteiger partial charge in [0.15, 0.2) is 0 Å². The molecule has 1 amide bonds. The molecule has 0 saturated carbocycles. The van der Waals surface area contributed by atoms with Crippen LogP contribution < -0.4 is 5.32 Å². The minimum Gasteiger partial charge on any atom is -0.373 e. The molecular formula is C22H29N5O3S. The van der Waals surface area contributed by atoms with E-state index in [9.17, 15) is 13.2 Å². The summed E-state index contributed by atoms with van der Waals surface area (Å²) in [6.07, 6.45) is 1.37. The lowest BCUT2D eigenvalue weighted by molar-refractivity contribution is -0.127. The fraction of sp³-hybridized carbons (Fsp3) is 0.500. The number of nitrogens with zero attached hydrogens (tertiary/aromatic N) is 4. The molecule has 4 rings (SSSR count). The van der Waals surface area contributed by atoms with Crippen molar-refractivity contribution in [3.05, 3.63) is 46.4 Å². The number of hydrogen-bond donors (Lipinski definition) is 1. The summed E-state index contributed by atoms with van der Waals surface area (Å²) in [5, 5.41) is 3.15. The molecule has 9 heteroatoms. The van der Waals surface area contributed by atoms with Crippen LogP contribution >= 0.6 is 0 Å². The molecule has 0 bridgehead atoms. The summed E-state index contributed by atoms with van der Waals surface area (Å²) in [7, 11) is -1.80. The van der Waals surface area contributed by atoms with E-state index >= 15 is 0 Å². The summed E-state index contributed by atoms with van der Waals surface area (Å²) < 4.78 is 28.1. The normalized spacial score (nSPS) is 19.4. The number of sulfonamides is 1. The number of rotatable bonds is 4. The van der Waals surface area contributed by atoms with Gasteiger partial charge in [-0.3, -0.25) is 4.79 Å². The number of anilines is 1. The molecule has 3 heterocycles. The van der Waals surface area contributed by atoms with Crippen LogP contribution in [0.4, 0.5) is 5.82 Å². The molecule has 1 aromatic heterocycles. The number of benzene rings is 1. The molecule has 2 aliphatic heterocycles. The predicted molar refractivity (Wildman–Crippen MR) is 118 cm³/mol. The first kappa shape index (κ1) is 21.7. The second-order valence-corrected chi connectivity index (χ2v) is 10.3. The van der Waals surface area contributed by atoms with Crippen LogP contribution in [0.3, 0.4) is 0 Å². The van der Waals surface area contributed by atoms with Gasteiger partial charge < -0.3 is 10.2 Å². The van der Waals surface area contributed by atoms with Gasteiger partial charge in [0.05, 0.1) is 17.1 Å². The van der Waals surface area contributed by atoms with Crippen molar-refractivity contribution in [2.75, 3.05) is 32.0 Å². The topological polar surface area (TPSA) is 95.5 Å². The maximum absolute atomic E-state index is 13.3. The lowest BCUT2D eigenvalue weighted by Crippen LogP contribution is -2.37. The summed E-state index contributed by atoms with van der Waals surface area (Å²) in [4.78, 5) is 23.3. The first-order chi connectivity index (χ1) is 14.7. The molecule has 1 saturated heterocycles. The molecule has 1 aromatic carbocycles. The highest BCUT2D eigenvalue weighted by Crippen LogP contribution is 2.31. The van der Waals surface area contributed by atoms with Gasteiger partial charge in [-0.15, -0.1) is 0 Å². The van der Waals surface area contributed by atoms with Crippen LogP contribution in [0, 0.1) is 13.8 Å². The Morgan fingerprint density at radius 2 is 1.94 bits per heavy atom. The van der Waals surface area contributed by atoms with Crippen molar-refractivity contribution < 1.29 is 13.2 Å². The Morgan fingerprint density at radius 1 is 1.16 bits per heavy atom. The third kappa shape index (κ3) is 4.04. The zero-order valence-electron chi connectivity index (χ0n) is 18.5. The van der Waals surface area contributed by atoms with Crippen molar-refractivity contribution in [1.29, 1.82) is 0 Å². The number of amides is 1. The van der Waals surface area contributed by atoms with Crippen molar-refractivity contribution in [2.45, 2.75) is 51.0 Å². The van der Waals surface area contributed by atoms with Gasteiger partial charge in [-0.25, -0.2) is 18.4 Å². The van der Waals surface area contributed by atoms with Gasteiger partial charge in [0, 0.05) is 45.1 Å². The van der Waals surface area contributed by atoms with Gasteiger partial charge in [-0.05, 0) is 49.9 Å². The van der Waals surface area contributed by atoms with Crippen molar-refractivity contribution in [3.8, 4) is 0 Å². The maximum Gasteiger partial charge on any atom is 0.243 e. The highest BCUT2D eigenvalue weighted by Gasteiger charge is 2.33. The van der Waals surface area contributed by atoms with Crippen LogP contribution in [-0.2, 0) is 27.8 Å². The van der Waals surface area contributed by atoms with E-state index in [4.69, 9.17) is 9.97 Å². The number of fused-ring (bicyclic) bond motifs is 1. The first-order valence-electron chi connectivity index (χ1n) is 10.6. The number of aryl methyl sites for hydroxylation is 2. The average molecular weight is 444 g/mol. The van der Waals surface area contributed by atoms with Crippen molar-refractivity contribution >= 4 is 21.7 Å².